The molecule has 4 amide bonds. The van der Waals surface area contributed by atoms with Gasteiger partial charge in [0, 0.05) is 64.9 Å². The number of carbonyl (C=O) groups is 3. The molecule has 1 aliphatic carbocycles. The van der Waals surface area contributed by atoms with Crippen molar-refractivity contribution in [3.8, 4) is 0 Å². The molecule has 1 atom stereocenters. The zero-order valence-electron chi connectivity index (χ0n) is 25.4. The van der Waals surface area contributed by atoms with Gasteiger partial charge in [-0.1, -0.05) is 36.5 Å². The van der Waals surface area contributed by atoms with E-state index < -0.39 is 11.9 Å². The van der Waals surface area contributed by atoms with Crippen molar-refractivity contribution in [2.45, 2.75) is 63.6 Å². The van der Waals surface area contributed by atoms with Crippen molar-refractivity contribution in [3.63, 3.8) is 0 Å². The highest BCUT2D eigenvalue weighted by Gasteiger charge is 2.36. The number of halogens is 2. The first kappa shape index (κ1) is 32.0. The lowest BCUT2D eigenvalue weighted by molar-refractivity contribution is 0.0481. The number of aromatic nitrogens is 3. The Balaban J connectivity index is 1.28. The molecule has 4 heterocycles. The van der Waals surface area contributed by atoms with Crippen LogP contribution in [0.4, 0.5) is 22.2 Å². The summed E-state index contributed by atoms with van der Waals surface area (Å²) in [4.78, 5) is 59.6. The number of piperazine rings is 1. The molecule has 5 rings (SSSR count). The van der Waals surface area contributed by atoms with Crippen LogP contribution in [0, 0.1) is 0 Å². The number of hydrogen-bond donors (Lipinski definition) is 3. The number of piperidine rings is 1. The number of nitrogen functional groups attached to an aromatic ring is 1. The molecule has 2 aromatic heterocycles. The molecule has 2 aliphatic heterocycles. The largest absolute Gasteiger partial charge is 0.383 e. The fourth-order valence-corrected chi connectivity index (χ4v) is 6.28. The van der Waals surface area contributed by atoms with Gasteiger partial charge in [-0.3, -0.25) is 19.8 Å². The number of likely N-dealkylation sites (tertiary alicyclic amines) is 1. The third kappa shape index (κ3) is 7.27. The number of hydrogen-bond acceptors (Lipinski definition) is 9. The highest BCUT2D eigenvalue weighted by atomic mass is 35.5. The van der Waals surface area contributed by atoms with Crippen LogP contribution in [-0.4, -0.2) is 112 Å². The summed E-state index contributed by atoms with van der Waals surface area (Å²) in [6, 6.07) is 3.46. The number of nitrogens with two attached hydrogens (primary N) is 1. The van der Waals surface area contributed by atoms with Crippen molar-refractivity contribution < 1.29 is 14.4 Å². The molecule has 0 radical (unpaired) electrons. The Morgan fingerprint density at radius 2 is 1.75 bits per heavy atom. The zero-order valence-corrected chi connectivity index (χ0v) is 26.9. The van der Waals surface area contributed by atoms with Gasteiger partial charge in [-0.15, -0.1) is 0 Å². The predicted octanol–water partition coefficient (Wildman–Crippen LogP) is 3.34. The van der Waals surface area contributed by atoms with Gasteiger partial charge in [0.25, 0.3) is 11.8 Å². The molecule has 238 valence electrons. The molecule has 13 nitrogen and oxygen atoms in total. The summed E-state index contributed by atoms with van der Waals surface area (Å²) in [6.45, 7) is 5.51. The van der Waals surface area contributed by atoms with Gasteiger partial charge in [-0.2, -0.15) is 0 Å². The molecule has 0 spiro atoms. The summed E-state index contributed by atoms with van der Waals surface area (Å²) in [5.41, 5.74) is 6.35. The number of nitrogens with one attached hydrogen (secondary N) is 2. The van der Waals surface area contributed by atoms with E-state index in [4.69, 9.17) is 33.9 Å². The average molecular weight is 648 g/mol. The van der Waals surface area contributed by atoms with E-state index in [1.807, 2.05) is 4.90 Å². The first-order valence-electron chi connectivity index (χ1n) is 15.1. The fourth-order valence-electron chi connectivity index (χ4n) is 5.88. The normalized spacial score (nSPS) is 19.5. The lowest BCUT2D eigenvalue weighted by atomic mass is 9.97. The SMILES string of the molecule is CCC[C@H]1CN(c2nc(NC(=O)N(C)C)c(C(=O)NC3CC3)nc2Cl)CCN1C1CCN(C(=O)c2ccc(Cl)nc2N)CC1. The smallest absolute Gasteiger partial charge is 0.322 e. The average Bonchev–Trinajstić information content (AvgIpc) is 3.81. The van der Waals surface area contributed by atoms with Gasteiger partial charge in [0.1, 0.15) is 11.0 Å². The Kier molecular flexibility index (Phi) is 9.96. The van der Waals surface area contributed by atoms with Gasteiger partial charge in [0.2, 0.25) is 0 Å². The molecule has 1 saturated carbocycles. The third-order valence-corrected chi connectivity index (χ3v) is 8.85. The number of anilines is 3. The highest BCUT2D eigenvalue weighted by Crippen LogP contribution is 2.32. The molecular formula is C29H40Cl2N10O3. The van der Waals surface area contributed by atoms with Gasteiger partial charge in [-0.25, -0.2) is 19.7 Å². The second kappa shape index (κ2) is 13.7. The minimum atomic E-state index is -0.415. The van der Waals surface area contributed by atoms with E-state index in [1.54, 1.807) is 26.2 Å². The van der Waals surface area contributed by atoms with E-state index in [1.165, 1.54) is 4.90 Å². The lowest BCUT2D eigenvalue weighted by Crippen LogP contribution is -2.59. The Labute approximate surface area is 267 Å². The number of carbonyl (C=O) groups excluding carboxylic acids is 3. The maximum Gasteiger partial charge on any atom is 0.322 e. The molecule has 0 bridgehead atoms. The molecule has 3 aliphatic rings. The zero-order chi connectivity index (χ0) is 31.5. The van der Waals surface area contributed by atoms with E-state index in [9.17, 15) is 14.4 Å². The van der Waals surface area contributed by atoms with Gasteiger partial charge < -0.3 is 25.8 Å². The van der Waals surface area contributed by atoms with E-state index in [0.717, 1.165) is 45.1 Å². The Morgan fingerprint density at radius 1 is 1.02 bits per heavy atom. The van der Waals surface area contributed by atoms with Crippen molar-refractivity contribution in [1.29, 1.82) is 0 Å². The van der Waals surface area contributed by atoms with Gasteiger partial charge in [0.05, 0.1) is 5.56 Å². The quantitative estimate of drug-likeness (QED) is 0.366. The second-order valence-electron chi connectivity index (χ2n) is 11.8. The van der Waals surface area contributed by atoms with Crippen LogP contribution in [0.5, 0.6) is 0 Å². The summed E-state index contributed by atoms with van der Waals surface area (Å²) in [6.07, 6.45) is 5.49. The van der Waals surface area contributed by atoms with Crippen LogP contribution in [0.2, 0.25) is 10.3 Å². The van der Waals surface area contributed by atoms with E-state index in [2.05, 4.69) is 37.3 Å². The molecule has 15 heteroatoms. The second-order valence-corrected chi connectivity index (χ2v) is 12.6. The first-order valence-corrected chi connectivity index (χ1v) is 15.9. The lowest BCUT2D eigenvalue weighted by Gasteiger charge is -2.48. The standard InChI is InChI=1S/C29H40Cl2N10O3/c1-4-5-19-16-40(26-23(31)35-22(27(42)33-17-6-7-17)25(36-26)37-29(44)38(2)3)14-15-41(19)18-10-12-39(13-11-18)28(43)20-8-9-21(30)34-24(20)32/h8-9,17-19H,4-7,10-16H2,1-3H3,(H2,32,34)(H,33,42)(H,36,37,44)/t19-/m0/s1. The summed E-state index contributed by atoms with van der Waals surface area (Å²) < 4.78 is 0. The molecule has 0 unspecified atom stereocenters. The van der Waals surface area contributed by atoms with Gasteiger partial charge in [0.15, 0.2) is 22.5 Å². The number of nitrogens with zero attached hydrogens (tertiary/aromatic N) is 7. The summed E-state index contributed by atoms with van der Waals surface area (Å²) in [5, 5.41) is 6.02. The van der Waals surface area contributed by atoms with E-state index in [-0.39, 0.29) is 45.6 Å². The van der Waals surface area contributed by atoms with E-state index in [0.29, 0.717) is 43.6 Å². The van der Waals surface area contributed by atoms with Crippen molar-refractivity contribution in [3.05, 3.63) is 33.7 Å². The Morgan fingerprint density at radius 3 is 2.39 bits per heavy atom. The van der Waals surface area contributed by atoms with Crippen LogP contribution in [0.3, 0.4) is 0 Å². The van der Waals surface area contributed by atoms with Crippen LogP contribution in [0.15, 0.2) is 12.1 Å². The number of amides is 4. The molecule has 2 aromatic rings. The van der Waals surface area contributed by atoms with Crippen molar-refractivity contribution in [2.24, 2.45) is 0 Å². The third-order valence-electron chi connectivity index (χ3n) is 8.39. The Hall–Kier alpha value is -3.42. The maximum absolute atomic E-state index is 13.1. The molecule has 4 N–H and O–H groups in total. The van der Waals surface area contributed by atoms with Crippen LogP contribution >= 0.6 is 23.2 Å². The summed E-state index contributed by atoms with van der Waals surface area (Å²) >= 11 is 12.6. The predicted molar refractivity (Wildman–Crippen MR) is 170 cm³/mol. The summed E-state index contributed by atoms with van der Waals surface area (Å²) in [5.74, 6) is 0.144. The number of pyridine rings is 1. The van der Waals surface area contributed by atoms with Gasteiger partial charge in [-0.05, 0) is 44.2 Å². The molecule has 3 fully saturated rings. The number of urea groups is 1. The van der Waals surface area contributed by atoms with Crippen LogP contribution in [0.1, 0.15) is 66.3 Å². The summed E-state index contributed by atoms with van der Waals surface area (Å²) in [7, 11) is 3.23. The van der Waals surface area contributed by atoms with Crippen molar-refractivity contribution in [1.82, 2.24) is 35.0 Å². The van der Waals surface area contributed by atoms with Crippen LogP contribution in [-0.2, 0) is 0 Å². The van der Waals surface area contributed by atoms with Gasteiger partial charge >= 0.3 is 6.03 Å². The first-order chi connectivity index (χ1) is 21.0. The fraction of sp³-hybridized carbons (Fsp3) is 0.586. The molecular weight excluding hydrogens is 607 g/mol. The highest BCUT2D eigenvalue weighted by molar-refractivity contribution is 6.32. The molecule has 44 heavy (non-hydrogen) atoms. The Bertz CT molecular complexity index is 1400. The number of rotatable bonds is 8. The molecule has 0 aromatic carbocycles. The maximum atomic E-state index is 13.1. The van der Waals surface area contributed by atoms with Crippen LogP contribution in [0.25, 0.3) is 0 Å². The van der Waals surface area contributed by atoms with E-state index >= 15 is 0 Å². The topological polar surface area (TPSA) is 153 Å². The molecule has 2 saturated heterocycles. The monoisotopic (exact) mass is 646 g/mol. The van der Waals surface area contributed by atoms with Crippen molar-refractivity contribution in [2.75, 3.05) is 62.8 Å². The van der Waals surface area contributed by atoms with Crippen molar-refractivity contribution >= 4 is 58.5 Å². The minimum Gasteiger partial charge on any atom is -0.383 e. The minimum absolute atomic E-state index is 0.00189. The van der Waals surface area contributed by atoms with Crippen LogP contribution < -0.4 is 21.3 Å².